The van der Waals surface area contributed by atoms with Crippen molar-refractivity contribution in [3.8, 4) is 153 Å². The fraction of sp³-hybridized carbons (Fsp3) is 0. The largest absolute Gasteiger partial charge is 0.455 e. The van der Waals surface area contributed by atoms with Gasteiger partial charge in [-0.1, -0.05) is 334 Å². The molecule has 0 aliphatic carbocycles. The van der Waals surface area contributed by atoms with Gasteiger partial charge in [0.1, 0.15) is 39.9 Å². The second-order valence-corrected chi connectivity index (χ2v) is 33.7. The molecular formula is C120H75N15O2. The van der Waals surface area contributed by atoms with Crippen LogP contribution < -0.4 is 14.5 Å². The molecule has 12 heterocycles. The third-order valence-electron chi connectivity index (χ3n) is 25.9. The Morgan fingerprint density at radius 2 is 0.803 bits per heavy atom. The molecule has 3 aliphatic heterocycles. The number of benzene rings is 16. The molecule has 17 heteroatoms. The predicted octanol–water partition coefficient (Wildman–Crippen LogP) is 29.9. The van der Waals surface area contributed by atoms with Crippen LogP contribution in [0.2, 0.25) is 0 Å². The van der Waals surface area contributed by atoms with Crippen LogP contribution in [0.25, 0.3) is 207 Å². The molecule has 16 aromatic carbocycles. The highest BCUT2D eigenvalue weighted by Crippen LogP contribution is 2.56. The van der Waals surface area contributed by atoms with Crippen molar-refractivity contribution >= 4 is 100 Å². The average Bonchev–Trinajstić information content (AvgIpc) is 1.53. The Bertz CT molecular complexity index is 8980. The van der Waals surface area contributed by atoms with Crippen molar-refractivity contribution in [1.82, 2.24) is 63.5 Å². The molecule has 0 saturated heterocycles. The number of fused-ring (bicyclic) bond motifs is 25. The second-order valence-electron chi connectivity index (χ2n) is 33.7. The second kappa shape index (κ2) is 33.1. The molecular weight excluding hydrogens is 1680 g/mol. The van der Waals surface area contributed by atoms with E-state index in [1.165, 1.54) is 5.56 Å². The van der Waals surface area contributed by atoms with Gasteiger partial charge in [-0.15, -0.1) is 0 Å². The Kier molecular flexibility index (Phi) is 19.1. The molecule has 0 unspecified atom stereocenters. The molecule has 0 fully saturated rings. The van der Waals surface area contributed by atoms with Crippen molar-refractivity contribution in [2.24, 2.45) is 0 Å². The third kappa shape index (κ3) is 13.5. The van der Waals surface area contributed by atoms with Crippen molar-refractivity contribution in [2.75, 3.05) is 9.80 Å². The molecule has 137 heavy (non-hydrogen) atoms. The first-order chi connectivity index (χ1) is 68.0. The lowest BCUT2D eigenvalue weighted by atomic mass is 9.91. The minimum atomic E-state index is 0.539. The van der Waals surface area contributed by atoms with Gasteiger partial charge in [-0.25, -0.2) is 29.9 Å². The molecule has 0 saturated carbocycles. The van der Waals surface area contributed by atoms with Crippen molar-refractivity contribution in [1.29, 1.82) is 0 Å². The maximum Gasteiger partial charge on any atom is 0.238 e. The van der Waals surface area contributed by atoms with Crippen LogP contribution >= 0.6 is 0 Å². The number of nitrogens with zero attached hydrogens (tertiary/aromatic N) is 15. The minimum absolute atomic E-state index is 0.539. The molecule has 28 rings (SSSR count). The lowest BCUT2D eigenvalue weighted by Crippen LogP contribution is -2.16. The van der Waals surface area contributed by atoms with Crippen molar-refractivity contribution in [3.63, 3.8) is 0 Å². The van der Waals surface area contributed by atoms with Crippen molar-refractivity contribution in [2.45, 2.75) is 0 Å². The maximum atomic E-state index is 6.88. The number of rotatable bonds is 10. The van der Waals surface area contributed by atoms with Gasteiger partial charge in [0.05, 0.1) is 73.8 Å². The SMILES string of the molecule is c1ccc(-c2ccc(-c3nc(-c4ccccc4)cc(N4c5cnccc5-c5nc6ccccc6n5-c5ccccc54)n3)cc2)cc1.c1ccc(-c2nc(-c3ccccc3)nc(N3c4ccccc4-c4c(-c5ccccc5)c5cccnc5n4-c4ccccc43)n2)cc1.c1ccc2c(c1)Oc1c(-c3ccc(-c4cccc5c4oc4ccccc45)c4ccccc34)c3ccccc3n1-c1nccnc1-2. The number of furan rings is 1. The predicted molar refractivity (Wildman–Crippen MR) is 549 cm³/mol. The molecule has 642 valence electrons. The van der Waals surface area contributed by atoms with E-state index in [1.807, 2.05) is 158 Å². The number of pyridine rings is 2. The standard InChI is InChI=1S/2C40H26N6.C40H23N3O2/c1-4-15-27(16-5-1)35-31-22-14-26-41-39(31)46-34-25-13-12-24-33(34)45(32-23-11-10-21-30(32)36(35)46)40-43-37(28-17-6-2-7-18-28)42-38(44-40)29-19-8-3-9-20-29;1-3-11-27(12-4-1)28-19-21-30(22-20-28)39-42-33(29-13-5-2-6-14-29)25-38(44-39)45-35-17-9-10-18-36(35)46-34-16-8-7-15-32(34)43-40(46)31-23-24-41-26-37(31)45;1-2-11-25-24(10-1)26(29-15-9-16-30-27-12-4-7-18-34(27)44-38(29)30)20-21-28(25)36-31-13-3-6-17-33(31)43-39-37(41-22-23-42-39)32-14-5-8-19-35(32)45-40(36)43/h2*1-26H;1-23H. The summed E-state index contributed by atoms with van der Waals surface area (Å²) in [6.45, 7) is 0. The normalized spacial score (nSPS) is 12.0. The fourth-order valence-corrected chi connectivity index (χ4v) is 19.8. The van der Waals surface area contributed by atoms with Gasteiger partial charge in [0.2, 0.25) is 11.8 Å². The lowest BCUT2D eigenvalue weighted by molar-refractivity contribution is 0.461. The zero-order chi connectivity index (χ0) is 90.4. The lowest BCUT2D eigenvalue weighted by Gasteiger charge is -2.26. The molecule has 0 amide bonds. The van der Waals surface area contributed by atoms with Gasteiger partial charge in [0, 0.05) is 102 Å². The number of para-hydroxylation sites is 11. The van der Waals surface area contributed by atoms with Crippen LogP contribution in [0.3, 0.4) is 0 Å². The highest BCUT2D eigenvalue weighted by atomic mass is 16.5. The molecule has 0 atom stereocenters. The Balaban J connectivity index is 0.000000106. The summed E-state index contributed by atoms with van der Waals surface area (Å²) >= 11 is 0. The Morgan fingerprint density at radius 1 is 0.270 bits per heavy atom. The van der Waals surface area contributed by atoms with Gasteiger partial charge in [-0.05, 0) is 124 Å². The number of ether oxygens (including phenoxy) is 1. The first kappa shape index (κ1) is 79.0. The van der Waals surface area contributed by atoms with Crippen LogP contribution in [0.15, 0.2) is 460 Å². The first-order valence-corrected chi connectivity index (χ1v) is 45.5. The summed E-state index contributed by atoms with van der Waals surface area (Å²) in [5, 5.41) is 6.69. The van der Waals surface area contributed by atoms with Crippen LogP contribution in [-0.4, -0.2) is 63.5 Å². The van der Waals surface area contributed by atoms with E-state index in [1.54, 1.807) is 12.4 Å². The summed E-state index contributed by atoms with van der Waals surface area (Å²) in [6, 6.07) is 146. The summed E-state index contributed by atoms with van der Waals surface area (Å²) in [5.74, 6) is 6.23. The zero-order valence-electron chi connectivity index (χ0n) is 73.3. The highest BCUT2D eigenvalue weighted by Gasteiger charge is 2.36. The van der Waals surface area contributed by atoms with E-state index in [2.05, 4.69) is 314 Å². The molecule has 9 aromatic heterocycles. The van der Waals surface area contributed by atoms with E-state index in [9.17, 15) is 0 Å². The topological polar surface area (TPSA) is 173 Å². The van der Waals surface area contributed by atoms with Gasteiger partial charge >= 0.3 is 0 Å². The van der Waals surface area contributed by atoms with Gasteiger partial charge in [-0.2, -0.15) is 9.97 Å². The first-order valence-electron chi connectivity index (χ1n) is 45.5. The fourth-order valence-electron chi connectivity index (χ4n) is 19.8. The smallest absolute Gasteiger partial charge is 0.238 e. The van der Waals surface area contributed by atoms with E-state index >= 15 is 0 Å². The van der Waals surface area contributed by atoms with Gasteiger partial charge in [0.15, 0.2) is 23.3 Å². The van der Waals surface area contributed by atoms with E-state index in [0.29, 0.717) is 23.4 Å². The van der Waals surface area contributed by atoms with E-state index in [0.717, 1.165) is 224 Å². The van der Waals surface area contributed by atoms with E-state index in [4.69, 9.17) is 54.0 Å². The number of hydrogen-bond acceptors (Lipinski definition) is 14. The Morgan fingerprint density at radius 3 is 1.54 bits per heavy atom. The van der Waals surface area contributed by atoms with Gasteiger partial charge in [0.25, 0.3) is 0 Å². The van der Waals surface area contributed by atoms with Crippen LogP contribution in [-0.2, 0) is 0 Å². The van der Waals surface area contributed by atoms with Crippen LogP contribution in [0.1, 0.15) is 0 Å². The molecule has 0 bridgehead atoms. The molecule has 0 N–H and O–H groups in total. The molecule has 0 radical (unpaired) electrons. The zero-order valence-corrected chi connectivity index (χ0v) is 73.3. The summed E-state index contributed by atoms with van der Waals surface area (Å²) in [5.41, 5.74) is 29.8. The van der Waals surface area contributed by atoms with Crippen molar-refractivity contribution in [3.05, 3.63) is 456 Å². The molecule has 17 nitrogen and oxygen atoms in total. The highest BCUT2D eigenvalue weighted by molar-refractivity contribution is 6.17. The maximum absolute atomic E-state index is 6.88. The molecule has 25 aromatic rings. The quantitative estimate of drug-likeness (QED) is 0.127. The Labute approximate surface area is 785 Å². The monoisotopic (exact) mass is 1760 g/mol. The molecule has 0 spiro atoms. The average molecular weight is 1760 g/mol. The van der Waals surface area contributed by atoms with E-state index < -0.39 is 0 Å². The van der Waals surface area contributed by atoms with Crippen LogP contribution in [0, 0.1) is 0 Å². The van der Waals surface area contributed by atoms with Crippen LogP contribution in [0.4, 0.5) is 34.5 Å². The third-order valence-corrected chi connectivity index (χ3v) is 25.9. The molecule has 3 aliphatic rings. The summed E-state index contributed by atoms with van der Waals surface area (Å²) in [4.78, 5) is 54.3. The Hall–Kier alpha value is -19.0. The van der Waals surface area contributed by atoms with Gasteiger partial charge in [-0.3, -0.25) is 33.5 Å². The van der Waals surface area contributed by atoms with Crippen LogP contribution in [0.5, 0.6) is 11.6 Å². The number of hydrogen-bond donors (Lipinski definition) is 0. The number of anilines is 6. The van der Waals surface area contributed by atoms with Crippen molar-refractivity contribution < 1.29 is 9.15 Å². The van der Waals surface area contributed by atoms with E-state index in [-0.39, 0.29) is 0 Å². The summed E-state index contributed by atoms with van der Waals surface area (Å²) < 4.78 is 20.0. The van der Waals surface area contributed by atoms with Gasteiger partial charge < -0.3 is 9.15 Å². The summed E-state index contributed by atoms with van der Waals surface area (Å²) in [7, 11) is 0. The number of imidazole rings is 1. The summed E-state index contributed by atoms with van der Waals surface area (Å²) in [6.07, 6.45) is 9.08. The minimum Gasteiger partial charge on any atom is -0.455 e. The number of aromatic nitrogens is 13.